The zero-order valence-electron chi connectivity index (χ0n) is 16.4. The molecule has 0 spiro atoms. The molecule has 7 heteroatoms. The van der Waals surface area contributed by atoms with E-state index in [-0.39, 0.29) is 6.04 Å². The standard InChI is InChI=1S/C24H18N2O4S/c27-23(15-30-24(28)18-10-9-16-5-1-2-6-17(16)13-18)26-20(21-7-3-11-29-21)14-19(25-26)22-8-4-12-31-22/h1-13,20H,14-15H2. The predicted octanol–water partition coefficient (Wildman–Crippen LogP) is 5.03. The van der Waals surface area contributed by atoms with E-state index in [0.29, 0.717) is 17.7 Å². The lowest BCUT2D eigenvalue weighted by atomic mass is 10.1. The van der Waals surface area contributed by atoms with Crippen molar-refractivity contribution in [1.29, 1.82) is 0 Å². The first-order valence-electron chi connectivity index (χ1n) is 9.82. The number of benzene rings is 2. The summed E-state index contributed by atoms with van der Waals surface area (Å²) in [5.41, 5.74) is 1.21. The van der Waals surface area contributed by atoms with Crippen LogP contribution in [-0.2, 0) is 9.53 Å². The molecule has 0 saturated carbocycles. The molecular formula is C24H18N2O4S. The van der Waals surface area contributed by atoms with E-state index in [1.165, 1.54) is 5.01 Å². The van der Waals surface area contributed by atoms with Crippen molar-refractivity contribution in [3.63, 3.8) is 0 Å². The third-order valence-corrected chi connectivity index (χ3v) is 6.07. The number of fused-ring (bicyclic) bond motifs is 1. The molecule has 3 heterocycles. The molecule has 4 aromatic rings. The quantitative estimate of drug-likeness (QED) is 0.416. The molecule has 5 rings (SSSR count). The summed E-state index contributed by atoms with van der Waals surface area (Å²) in [6, 6.07) is 20.2. The minimum atomic E-state index is -0.546. The lowest BCUT2D eigenvalue weighted by Crippen LogP contribution is -2.31. The smallest absolute Gasteiger partial charge is 0.338 e. The monoisotopic (exact) mass is 430 g/mol. The molecule has 1 aliphatic heterocycles. The summed E-state index contributed by atoms with van der Waals surface area (Å²) in [7, 11) is 0. The van der Waals surface area contributed by atoms with Crippen LogP contribution >= 0.6 is 11.3 Å². The van der Waals surface area contributed by atoms with Crippen LogP contribution in [0.25, 0.3) is 10.8 Å². The molecule has 6 nitrogen and oxygen atoms in total. The van der Waals surface area contributed by atoms with Gasteiger partial charge in [-0.1, -0.05) is 36.4 Å². The van der Waals surface area contributed by atoms with Crippen molar-refractivity contribution in [2.45, 2.75) is 12.5 Å². The van der Waals surface area contributed by atoms with Crippen molar-refractivity contribution in [3.8, 4) is 0 Å². The molecule has 2 aromatic heterocycles. The highest BCUT2D eigenvalue weighted by atomic mass is 32.1. The highest BCUT2D eigenvalue weighted by molar-refractivity contribution is 7.12. The Kier molecular flexibility index (Phi) is 5.09. The number of hydrogen-bond donors (Lipinski definition) is 0. The largest absolute Gasteiger partial charge is 0.467 e. The molecule has 0 aliphatic carbocycles. The normalized spacial score (nSPS) is 15.8. The van der Waals surface area contributed by atoms with Crippen LogP contribution in [0.1, 0.15) is 33.5 Å². The van der Waals surface area contributed by atoms with Gasteiger partial charge < -0.3 is 9.15 Å². The van der Waals surface area contributed by atoms with Gasteiger partial charge in [0, 0.05) is 6.42 Å². The van der Waals surface area contributed by atoms with Crippen molar-refractivity contribution in [2.75, 3.05) is 6.61 Å². The Hall–Kier alpha value is -3.71. The molecule has 0 radical (unpaired) electrons. The molecule has 0 saturated heterocycles. The minimum Gasteiger partial charge on any atom is -0.467 e. The topological polar surface area (TPSA) is 72.1 Å². The zero-order chi connectivity index (χ0) is 21.2. The second-order valence-electron chi connectivity index (χ2n) is 7.14. The van der Waals surface area contributed by atoms with Crippen molar-refractivity contribution >= 4 is 39.7 Å². The molecule has 0 N–H and O–H groups in total. The van der Waals surface area contributed by atoms with E-state index in [9.17, 15) is 9.59 Å². The molecule has 0 fully saturated rings. The van der Waals surface area contributed by atoms with Gasteiger partial charge in [0.15, 0.2) is 6.61 Å². The van der Waals surface area contributed by atoms with Crippen LogP contribution in [0.4, 0.5) is 0 Å². The number of ether oxygens (including phenoxy) is 1. The molecule has 1 unspecified atom stereocenters. The number of carbonyl (C=O) groups is 2. The van der Waals surface area contributed by atoms with Gasteiger partial charge in [-0.25, -0.2) is 9.80 Å². The molecule has 1 atom stereocenters. The Morgan fingerprint density at radius 3 is 2.71 bits per heavy atom. The number of furan rings is 1. The van der Waals surface area contributed by atoms with Crippen LogP contribution in [0.3, 0.4) is 0 Å². The maximum absolute atomic E-state index is 12.9. The first-order valence-corrected chi connectivity index (χ1v) is 10.7. The van der Waals surface area contributed by atoms with Gasteiger partial charge in [0.25, 0.3) is 5.91 Å². The van der Waals surface area contributed by atoms with Crippen molar-refractivity contribution < 1.29 is 18.7 Å². The van der Waals surface area contributed by atoms with E-state index >= 15 is 0 Å². The molecule has 1 aliphatic rings. The highest BCUT2D eigenvalue weighted by Crippen LogP contribution is 2.34. The predicted molar refractivity (Wildman–Crippen MR) is 118 cm³/mol. The number of carbonyl (C=O) groups excluding carboxylic acids is 2. The number of thiophene rings is 1. The molecular weight excluding hydrogens is 412 g/mol. The summed E-state index contributed by atoms with van der Waals surface area (Å²) in [6.07, 6.45) is 2.11. The SMILES string of the molecule is O=C(OCC(=O)N1N=C(c2cccs2)CC1c1ccco1)c1ccc2ccccc2c1. The van der Waals surface area contributed by atoms with Crippen molar-refractivity contribution in [3.05, 3.63) is 94.6 Å². The van der Waals surface area contributed by atoms with E-state index in [0.717, 1.165) is 21.4 Å². The van der Waals surface area contributed by atoms with Crippen molar-refractivity contribution in [1.82, 2.24) is 5.01 Å². The average molecular weight is 430 g/mol. The summed E-state index contributed by atoms with van der Waals surface area (Å²) < 4.78 is 10.8. The lowest BCUT2D eigenvalue weighted by molar-refractivity contribution is -0.136. The second-order valence-corrected chi connectivity index (χ2v) is 8.08. The summed E-state index contributed by atoms with van der Waals surface area (Å²) in [5.74, 6) is -0.304. The highest BCUT2D eigenvalue weighted by Gasteiger charge is 2.35. The number of hydrogen-bond acceptors (Lipinski definition) is 6. The van der Waals surface area contributed by atoms with Crippen molar-refractivity contribution in [2.24, 2.45) is 5.10 Å². The molecule has 1 amide bonds. The van der Waals surface area contributed by atoms with Gasteiger partial charge in [0.1, 0.15) is 11.8 Å². The Morgan fingerprint density at radius 1 is 1.06 bits per heavy atom. The van der Waals surface area contributed by atoms with Crippen LogP contribution in [0.15, 0.2) is 87.9 Å². The third-order valence-electron chi connectivity index (χ3n) is 5.16. The van der Waals surface area contributed by atoms with Gasteiger partial charge in [0.2, 0.25) is 0 Å². The first kappa shape index (κ1) is 19.3. The fourth-order valence-corrected chi connectivity index (χ4v) is 4.35. The Morgan fingerprint density at radius 2 is 1.94 bits per heavy atom. The van der Waals surface area contributed by atoms with Crippen LogP contribution in [-0.4, -0.2) is 29.2 Å². The lowest BCUT2D eigenvalue weighted by Gasteiger charge is -2.19. The van der Waals surface area contributed by atoms with Crippen LogP contribution in [0, 0.1) is 0 Å². The first-order chi connectivity index (χ1) is 15.2. The van der Waals surface area contributed by atoms with Gasteiger partial charge in [-0.3, -0.25) is 4.79 Å². The third kappa shape index (κ3) is 3.87. The van der Waals surface area contributed by atoms with Crippen LogP contribution in [0.2, 0.25) is 0 Å². The number of nitrogens with zero attached hydrogens (tertiary/aromatic N) is 2. The molecule has 31 heavy (non-hydrogen) atoms. The van der Waals surface area contributed by atoms with Crippen LogP contribution < -0.4 is 0 Å². The summed E-state index contributed by atoms with van der Waals surface area (Å²) >= 11 is 1.56. The zero-order valence-corrected chi connectivity index (χ0v) is 17.2. The van der Waals surface area contributed by atoms with E-state index in [1.807, 2.05) is 53.9 Å². The summed E-state index contributed by atoms with van der Waals surface area (Å²) in [4.78, 5) is 26.4. The van der Waals surface area contributed by atoms with Gasteiger partial charge >= 0.3 is 5.97 Å². The van der Waals surface area contributed by atoms with E-state index in [4.69, 9.17) is 9.15 Å². The Balaban J connectivity index is 1.32. The fraction of sp³-hybridized carbons (Fsp3) is 0.125. The fourth-order valence-electron chi connectivity index (χ4n) is 3.63. The number of amides is 1. The van der Waals surface area contributed by atoms with E-state index in [2.05, 4.69) is 5.10 Å². The maximum Gasteiger partial charge on any atom is 0.338 e. The van der Waals surface area contributed by atoms with Gasteiger partial charge in [-0.15, -0.1) is 11.3 Å². The molecule has 0 bridgehead atoms. The van der Waals surface area contributed by atoms with E-state index < -0.39 is 18.5 Å². The van der Waals surface area contributed by atoms with Crippen LogP contribution in [0.5, 0.6) is 0 Å². The summed E-state index contributed by atoms with van der Waals surface area (Å²) in [5, 5.41) is 9.82. The maximum atomic E-state index is 12.9. The number of rotatable bonds is 5. The minimum absolute atomic E-state index is 0.362. The number of hydrazone groups is 1. The number of esters is 1. The molecule has 154 valence electrons. The van der Waals surface area contributed by atoms with Gasteiger partial charge in [-0.2, -0.15) is 5.10 Å². The Labute approximate surface area is 182 Å². The second kappa shape index (κ2) is 8.20. The molecule has 2 aromatic carbocycles. The van der Waals surface area contributed by atoms with Gasteiger partial charge in [-0.05, 0) is 46.5 Å². The summed E-state index contributed by atoms with van der Waals surface area (Å²) in [6.45, 7) is -0.399. The Bertz CT molecular complexity index is 1260. The van der Waals surface area contributed by atoms with E-state index in [1.54, 1.807) is 35.8 Å². The average Bonchev–Trinajstić information content (AvgIpc) is 3.57. The van der Waals surface area contributed by atoms with Gasteiger partial charge in [0.05, 0.1) is 22.4 Å².